The van der Waals surface area contributed by atoms with Crippen LogP contribution in [0.2, 0.25) is 0 Å². The van der Waals surface area contributed by atoms with E-state index in [9.17, 15) is 0 Å². The summed E-state index contributed by atoms with van der Waals surface area (Å²) in [5, 5.41) is 2.34. The predicted molar refractivity (Wildman–Crippen MR) is 318 cm³/mol. The van der Waals surface area contributed by atoms with Crippen molar-refractivity contribution in [1.29, 1.82) is 0 Å². The van der Waals surface area contributed by atoms with E-state index in [1.54, 1.807) is 0 Å². The molecular formula is C71H51N5. The number of benzene rings is 11. The second kappa shape index (κ2) is 20.1. The van der Waals surface area contributed by atoms with Gasteiger partial charge in [0, 0.05) is 67.3 Å². The summed E-state index contributed by atoms with van der Waals surface area (Å²) in [5.74, 6) is 0.714. The topological polar surface area (TPSA) is 37.2 Å². The molecule has 0 spiro atoms. The van der Waals surface area contributed by atoms with E-state index in [1.807, 2.05) is 18.2 Å². The number of nitrogens with zero attached hydrogens (tertiary/aromatic N) is 5. The number of para-hydroxylation sites is 4. The number of hydrogen-bond donors (Lipinski definition) is 0. The molecule has 0 aliphatic heterocycles. The first kappa shape index (κ1) is 45.7. The third-order valence-electron chi connectivity index (χ3n) is 14.3. The van der Waals surface area contributed by atoms with Crippen LogP contribution in [0.1, 0.15) is 5.56 Å². The fourth-order valence-electron chi connectivity index (χ4n) is 10.4. The lowest BCUT2D eigenvalue weighted by atomic mass is 9.98. The third kappa shape index (κ3) is 8.97. The van der Waals surface area contributed by atoms with Crippen LogP contribution in [-0.4, -0.2) is 14.5 Å². The van der Waals surface area contributed by atoms with E-state index < -0.39 is 0 Å². The smallest absolute Gasteiger partial charge is 0.160 e. The van der Waals surface area contributed by atoms with Gasteiger partial charge in [0.1, 0.15) is 0 Å². The fourth-order valence-corrected chi connectivity index (χ4v) is 10.4. The zero-order chi connectivity index (χ0) is 50.8. The van der Waals surface area contributed by atoms with E-state index in [1.165, 1.54) is 16.3 Å². The lowest BCUT2D eigenvalue weighted by Gasteiger charge is -2.26. The van der Waals surface area contributed by atoms with Crippen molar-refractivity contribution in [2.24, 2.45) is 0 Å². The van der Waals surface area contributed by atoms with Crippen LogP contribution < -0.4 is 9.80 Å². The predicted octanol–water partition coefficient (Wildman–Crippen LogP) is 19.2. The summed E-state index contributed by atoms with van der Waals surface area (Å²) in [6.07, 6.45) is 0. The highest BCUT2D eigenvalue weighted by Crippen LogP contribution is 2.43. The lowest BCUT2D eigenvalue weighted by Crippen LogP contribution is -2.09. The van der Waals surface area contributed by atoms with Crippen LogP contribution in [0.25, 0.3) is 83.6 Å². The average Bonchev–Trinajstić information content (AvgIpc) is 3.83. The summed E-state index contributed by atoms with van der Waals surface area (Å²) in [6, 6.07) is 104. The van der Waals surface area contributed by atoms with Gasteiger partial charge in [-0.3, -0.25) is 0 Å². The van der Waals surface area contributed by atoms with Gasteiger partial charge in [-0.25, -0.2) is 9.97 Å². The number of fused-ring (bicyclic) bond motifs is 3. The molecule has 0 saturated heterocycles. The fraction of sp³-hybridized carbons (Fsp3) is 0.0141. The van der Waals surface area contributed by atoms with Gasteiger partial charge >= 0.3 is 0 Å². The van der Waals surface area contributed by atoms with Crippen LogP contribution in [0, 0.1) is 6.92 Å². The van der Waals surface area contributed by atoms with Gasteiger partial charge in [0.2, 0.25) is 0 Å². The van der Waals surface area contributed by atoms with Crippen molar-refractivity contribution in [3.63, 3.8) is 0 Å². The molecule has 0 amide bonds. The van der Waals surface area contributed by atoms with E-state index in [-0.39, 0.29) is 0 Å². The third-order valence-corrected chi connectivity index (χ3v) is 14.3. The second-order valence-electron chi connectivity index (χ2n) is 19.1. The molecule has 0 saturated carbocycles. The highest BCUT2D eigenvalue weighted by Gasteiger charge is 2.20. The summed E-state index contributed by atoms with van der Waals surface area (Å²) >= 11 is 0. The van der Waals surface area contributed by atoms with Gasteiger partial charge < -0.3 is 14.4 Å². The van der Waals surface area contributed by atoms with Crippen LogP contribution in [0.4, 0.5) is 34.1 Å². The number of anilines is 6. The van der Waals surface area contributed by atoms with E-state index in [0.717, 1.165) is 101 Å². The van der Waals surface area contributed by atoms with Gasteiger partial charge in [0.25, 0.3) is 0 Å². The van der Waals surface area contributed by atoms with Crippen LogP contribution >= 0.6 is 0 Å². The van der Waals surface area contributed by atoms with Crippen molar-refractivity contribution in [3.05, 3.63) is 297 Å². The van der Waals surface area contributed by atoms with Crippen molar-refractivity contribution < 1.29 is 0 Å². The monoisotopic (exact) mass is 973 g/mol. The quantitative estimate of drug-likeness (QED) is 0.122. The molecule has 0 fully saturated rings. The van der Waals surface area contributed by atoms with Crippen molar-refractivity contribution in [1.82, 2.24) is 14.5 Å². The Bertz CT molecular complexity index is 3890. The highest BCUT2D eigenvalue weighted by molar-refractivity contribution is 6.12. The molecule has 5 heteroatoms. The van der Waals surface area contributed by atoms with Gasteiger partial charge in [0.05, 0.1) is 22.4 Å². The van der Waals surface area contributed by atoms with Crippen LogP contribution in [0.15, 0.2) is 291 Å². The van der Waals surface area contributed by atoms with Gasteiger partial charge in [-0.1, -0.05) is 194 Å². The minimum absolute atomic E-state index is 0.714. The maximum Gasteiger partial charge on any atom is 0.160 e. The summed E-state index contributed by atoms with van der Waals surface area (Å²) < 4.78 is 2.41. The molecule has 0 atom stereocenters. The van der Waals surface area contributed by atoms with E-state index in [2.05, 4.69) is 294 Å². The van der Waals surface area contributed by atoms with Crippen LogP contribution in [-0.2, 0) is 0 Å². The molecule has 11 aromatic carbocycles. The molecule has 0 N–H and O–H groups in total. The molecule has 0 aliphatic carbocycles. The van der Waals surface area contributed by atoms with Gasteiger partial charge in [0.15, 0.2) is 5.82 Å². The summed E-state index contributed by atoms with van der Waals surface area (Å²) in [7, 11) is 0. The number of aryl methyl sites for hydroxylation is 1. The van der Waals surface area contributed by atoms with E-state index >= 15 is 0 Å². The molecular weight excluding hydrogens is 923 g/mol. The first-order valence-corrected chi connectivity index (χ1v) is 25.8. The number of rotatable bonds is 12. The Morgan fingerprint density at radius 1 is 0.276 bits per heavy atom. The maximum absolute atomic E-state index is 5.07. The van der Waals surface area contributed by atoms with E-state index in [4.69, 9.17) is 9.97 Å². The molecule has 0 unspecified atom stereocenters. The second-order valence-corrected chi connectivity index (χ2v) is 19.1. The average molecular weight is 974 g/mol. The van der Waals surface area contributed by atoms with Crippen molar-refractivity contribution in [2.45, 2.75) is 6.92 Å². The Balaban J connectivity index is 0.842. The van der Waals surface area contributed by atoms with Gasteiger partial charge in [-0.2, -0.15) is 0 Å². The summed E-state index contributed by atoms with van der Waals surface area (Å²) in [4.78, 5) is 14.8. The molecule has 0 radical (unpaired) electrons. The Labute approximate surface area is 443 Å². The molecule has 360 valence electrons. The molecule has 0 aliphatic rings. The molecule has 5 nitrogen and oxygen atoms in total. The van der Waals surface area contributed by atoms with Crippen LogP contribution in [0.5, 0.6) is 0 Å². The maximum atomic E-state index is 5.07. The van der Waals surface area contributed by atoms with Crippen LogP contribution in [0.3, 0.4) is 0 Å². The minimum Gasteiger partial charge on any atom is -0.310 e. The van der Waals surface area contributed by atoms with Gasteiger partial charge in [-0.05, 0) is 132 Å². The molecule has 0 bridgehead atoms. The normalized spacial score (nSPS) is 11.2. The minimum atomic E-state index is 0.714. The molecule has 2 aromatic heterocycles. The summed E-state index contributed by atoms with van der Waals surface area (Å²) in [6.45, 7) is 2.10. The number of hydrogen-bond acceptors (Lipinski definition) is 4. The Morgan fingerprint density at radius 3 is 1.00 bits per heavy atom. The highest BCUT2D eigenvalue weighted by atomic mass is 15.1. The Kier molecular flexibility index (Phi) is 12.1. The van der Waals surface area contributed by atoms with E-state index in [0.29, 0.717) is 5.82 Å². The molecule has 2 heterocycles. The lowest BCUT2D eigenvalue weighted by molar-refractivity contribution is 1.18. The van der Waals surface area contributed by atoms with Crippen molar-refractivity contribution in [3.8, 4) is 61.8 Å². The molecule has 13 aromatic rings. The van der Waals surface area contributed by atoms with Gasteiger partial charge in [-0.15, -0.1) is 0 Å². The zero-order valence-electron chi connectivity index (χ0n) is 41.9. The SMILES string of the molecule is Cc1ccc(-c2nc(-c3ccccc3)cc(-c3ccc(-c4ccc(-c5ccc(-n6c7ccc(N(c8ccccc8)c8ccccc8)cc7c7cc(N(c8ccccc8)c8ccccc8)ccc76)cc5)cc4)cc3)n2)cc1. The zero-order valence-corrected chi connectivity index (χ0v) is 41.9. The molecule has 76 heavy (non-hydrogen) atoms. The Hall–Kier alpha value is -10.1. The van der Waals surface area contributed by atoms with Crippen molar-refractivity contribution in [2.75, 3.05) is 9.80 Å². The standard InChI is InChI=1S/C71H51N5/c1-50-27-29-57(30-28-50)71-72-67(55-17-7-2-8-18-55)49-68(73-71)56-37-35-53(36-38-56)51-31-33-52(34-32-51)54-39-41-62(42-40-54)76-69-45-43-63(74(58-19-9-3-10-20-58)59-21-11-4-12-22-59)47-65(69)66-48-64(44-46-70(66)76)75(60-23-13-5-14-24-60)61-25-15-6-16-26-61/h2-49H,1H3. The summed E-state index contributed by atoms with van der Waals surface area (Å²) in [5.41, 5.74) is 20.6. The largest absolute Gasteiger partial charge is 0.310 e. The number of aromatic nitrogens is 3. The Morgan fingerprint density at radius 2 is 0.605 bits per heavy atom. The first-order chi connectivity index (χ1) is 37.6. The van der Waals surface area contributed by atoms with Crippen molar-refractivity contribution >= 4 is 55.9 Å². The molecule has 13 rings (SSSR count). The first-order valence-electron chi connectivity index (χ1n) is 25.8.